The molecule has 5 aromatic rings. The standard InChI is InChI=1S/C35H25.2CO.ClH.Ru/c1-6-16-26(17-7-1)31-32(27-18-8-2-9-19-27)34(29-22-12-4-13-23-29)35(30-24-14-5-15-25-30)33(31)28-20-10-3-11-21-28;2*1-2;;/h1-25H;;;1H;/q;;;;+2/p-1. The Labute approximate surface area is 257 Å². The third kappa shape index (κ3) is 7.42. The van der Waals surface area contributed by atoms with Crippen molar-refractivity contribution >= 4 is 9.69 Å². The molecule has 0 unspecified atom stereocenters. The maximum Gasteiger partial charge on any atom is 0.0299 e. The van der Waals surface area contributed by atoms with Gasteiger partial charge in [0.25, 0.3) is 0 Å². The van der Waals surface area contributed by atoms with Crippen molar-refractivity contribution in [1.82, 2.24) is 0 Å². The minimum absolute atomic E-state index is 1.23. The van der Waals surface area contributed by atoms with Gasteiger partial charge in [-0.1, -0.05) is 152 Å². The van der Waals surface area contributed by atoms with Gasteiger partial charge < -0.3 is 0 Å². The van der Waals surface area contributed by atoms with E-state index in [4.69, 9.17) is 9.30 Å². The molecule has 1 aliphatic carbocycles. The number of halogens is 1. The summed E-state index contributed by atoms with van der Waals surface area (Å²) in [6.45, 7) is 9.00. The van der Waals surface area contributed by atoms with E-state index in [1.165, 1.54) is 57.4 Å². The zero-order valence-electron chi connectivity index (χ0n) is 22.0. The average Bonchev–Trinajstić information content (AvgIpc) is 3.46. The molecular weight excluding hydrogens is 613 g/mol. The van der Waals surface area contributed by atoms with Crippen LogP contribution < -0.4 is 0 Å². The zero-order valence-corrected chi connectivity index (χ0v) is 24.5. The molecule has 0 N–H and O–H groups in total. The molecule has 5 radical (unpaired) electrons. The van der Waals surface area contributed by atoms with Crippen LogP contribution >= 0.6 is 9.69 Å². The molecule has 1 fully saturated rings. The van der Waals surface area contributed by atoms with Gasteiger partial charge in [0.05, 0.1) is 0 Å². The molecule has 0 saturated heterocycles. The Kier molecular flexibility index (Phi) is 13.5. The molecule has 0 aromatic heterocycles. The summed E-state index contributed by atoms with van der Waals surface area (Å²) < 4.78 is 15.0. The Bertz CT molecular complexity index is 1170. The first kappa shape index (κ1) is 32.0. The summed E-state index contributed by atoms with van der Waals surface area (Å²) in [6, 6.07) is 54.1. The van der Waals surface area contributed by atoms with Crippen LogP contribution in [0.3, 0.4) is 0 Å². The van der Waals surface area contributed by atoms with Crippen molar-refractivity contribution in [3.05, 3.63) is 222 Å². The minimum atomic E-state index is 1.23. The molecule has 199 valence electrons. The van der Waals surface area contributed by atoms with Crippen molar-refractivity contribution < 1.29 is 26.6 Å². The third-order valence-electron chi connectivity index (χ3n) is 6.56. The molecule has 0 spiro atoms. The fourth-order valence-corrected chi connectivity index (χ4v) is 5.09. The van der Waals surface area contributed by atoms with E-state index in [9.17, 15) is 0 Å². The SMILES string of the molecule is [C-]#[O+].[C-]#[O+].[Cl][Ru+].c1ccc([C]2[C](c3ccccc3)[C](c3ccccc3)[C](c3ccccc3)[C]2c2ccccc2)cc1. The van der Waals surface area contributed by atoms with Crippen molar-refractivity contribution in [3.63, 3.8) is 0 Å². The average molecular weight is 638 g/mol. The Morgan fingerprint density at radius 1 is 0.293 bits per heavy atom. The Balaban J connectivity index is 0.000000725. The van der Waals surface area contributed by atoms with Gasteiger partial charge in [0.2, 0.25) is 0 Å². The van der Waals surface area contributed by atoms with Gasteiger partial charge in [-0.15, -0.1) is 0 Å². The van der Waals surface area contributed by atoms with Crippen LogP contribution in [0.2, 0.25) is 0 Å². The molecule has 4 heteroatoms. The van der Waals surface area contributed by atoms with E-state index in [-0.39, 0.29) is 0 Å². The maximum atomic E-state index is 7.50. The number of hydrogen-bond donors (Lipinski definition) is 0. The Hall–Kier alpha value is -3.51. The molecule has 5 aromatic carbocycles. The van der Waals surface area contributed by atoms with Crippen molar-refractivity contribution in [2.24, 2.45) is 0 Å². The molecule has 0 aliphatic heterocycles. The zero-order chi connectivity index (χ0) is 29.5. The Morgan fingerprint density at radius 3 is 0.537 bits per heavy atom. The Morgan fingerprint density at radius 2 is 0.415 bits per heavy atom. The summed E-state index contributed by atoms with van der Waals surface area (Å²) in [4.78, 5) is 0. The topological polar surface area (TPSA) is 39.8 Å². The molecule has 0 heterocycles. The molecular formula is C37H25ClO2Ru+. The first-order chi connectivity index (χ1) is 20.4. The fourth-order valence-electron chi connectivity index (χ4n) is 5.09. The van der Waals surface area contributed by atoms with Crippen LogP contribution in [0, 0.1) is 42.9 Å². The third-order valence-corrected chi connectivity index (χ3v) is 6.56. The van der Waals surface area contributed by atoms with E-state index in [0.29, 0.717) is 0 Å². The molecule has 0 amide bonds. The summed E-state index contributed by atoms with van der Waals surface area (Å²) in [5, 5.41) is 0. The van der Waals surface area contributed by atoms with Crippen molar-refractivity contribution in [1.29, 1.82) is 0 Å². The predicted octanol–water partition coefficient (Wildman–Crippen LogP) is 8.73. The van der Waals surface area contributed by atoms with Gasteiger partial charge in [0.15, 0.2) is 0 Å². The van der Waals surface area contributed by atoms with Crippen LogP contribution in [0.5, 0.6) is 0 Å². The summed E-state index contributed by atoms with van der Waals surface area (Å²) in [7, 11) is 4.57. The summed E-state index contributed by atoms with van der Waals surface area (Å²) in [5.74, 6) is 6.39. The van der Waals surface area contributed by atoms with Crippen molar-refractivity contribution in [2.75, 3.05) is 0 Å². The normalized spacial score (nSPS) is 13.9. The second kappa shape index (κ2) is 17.3. The van der Waals surface area contributed by atoms with E-state index in [0.717, 1.165) is 0 Å². The molecule has 6 rings (SSSR count). The van der Waals surface area contributed by atoms with Gasteiger partial charge in [0.1, 0.15) is 0 Å². The van der Waals surface area contributed by atoms with Gasteiger partial charge in [-0.3, -0.25) is 0 Å². The number of benzene rings is 5. The summed E-state index contributed by atoms with van der Waals surface area (Å²) >= 11 is 1.82. The molecule has 0 bridgehead atoms. The molecule has 2 nitrogen and oxygen atoms in total. The van der Waals surface area contributed by atoms with Crippen LogP contribution in [-0.4, -0.2) is 0 Å². The van der Waals surface area contributed by atoms with Gasteiger partial charge in [-0.05, 0) is 27.8 Å². The first-order valence-electron chi connectivity index (χ1n) is 12.6. The molecule has 1 aliphatic rings. The van der Waals surface area contributed by atoms with Crippen LogP contribution in [0.25, 0.3) is 0 Å². The quantitative estimate of drug-likeness (QED) is 0.105. The van der Waals surface area contributed by atoms with Gasteiger partial charge in [0, 0.05) is 29.6 Å². The van der Waals surface area contributed by atoms with Crippen molar-refractivity contribution in [2.45, 2.75) is 0 Å². The first-order valence-corrected chi connectivity index (χ1v) is 14.8. The van der Waals surface area contributed by atoms with E-state index in [1.807, 2.05) is 17.3 Å². The van der Waals surface area contributed by atoms with E-state index in [1.54, 1.807) is 0 Å². The van der Waals surface area contributed by atoms with E-state index in [2.05, 4.69) is 175 Å². The number of rotatable bonds is 5. The minimum Gasteiger partial charge on any atom is -0.0622 e. The van der Waals surface area contributed by atoms with Gasteiger partial charge in [-0.25, -0.2) is 0 Å². The summed E-state index contributed by atoms with van der Waals surface area (Å²) in [6.07, 6.45) is 0. The summed E-state index contributed by atoms with van der Waals surface area (Å²) in [5.41, 5.74) is 6.13. The smallest absolute Gasteiger partial charge is 0.0299 e. The van der Waals surface area contributed by atoms with Gasteiger partial charge >= 0.3 is 49.6 Å². The van der Waals surface area contributed by atoms with Gasteiger partial charge in [-0.2, -0.15) is 0 Å². The predicted molar refractivity (Wildman–Crippen MR) is 158 cm³/mol. The van der Waals surface area contributed by atoms with E-state index < -0.39 is 0 Å². The largest absolute Gasteiger partial charge is 0.0622 e. The maximum absolute atomic E-state index is 7.50. The second-order valence-corrected chi connectivity index (χ2v) is 8.71. The van der Waals surface area contributed by atoms with Crippen LogP contribution in [0.4, 0.5) is 0 Å². The fraction of sp³-hybridized carbons (Fsp3) is 0. The van der Waals surface area contributed by atoms with Crippen LogP contribution in [0.1, 0.15) is 27.8 Å². The van der Waals surface area contributed by atoms with E-state index >= 15 is 0 Å². The number of hydrogen-bond acceptors (Lipinski definition) is 0. The van der Waals surface area contributed by atoms with Crippen LogP contribution in [-0.2, 0) is 26.6 Å². The van der Waals surface area contributed by atoms with Crippen LogP contribution in [0.15, 0.2) is 152 Å². The molecule has 41 heavy (non-hydrogen) atoms. The molecule has 0 atom stereocenters. The van der Waals surface area contributed by atoms with Crippen molar-refractivity contribution in [3.8, 4) is 0 Å². The molecule has 1 saturated carbocycles. The monoisotopic (exact) mass is 638 g/mol. The second-order valence-electron chi connectivity index (χ2n) is 8.71.